The van der Waals surface area contributed by atoms with E-state index >= 15 is 0 Å². The van der Waals surface area contributed by atoms with Gasteiger partial charge in [-0.2, -0.15) is 0 Å². The van der Waals surface area contributed by atoms with Gasteiger partial charge in [0.1, 0.15) is 6.04 Å². The molecule has 0 aliphatic carbocycles. The van der Waals surface area contributed by atoms with Crippen molar-refractivity contribution in [1.82, 2.24) is 4.90 Å². The monoisotopic (exact) mass is 298 g/mol. The zero-order chi connectivity index (χ0) is 12.4. The molecule has 1 aromatic rings. The first-order valence-corrected chi connectivity index (χ1v) is 6.32. The molecular weight excluding hydrogens is 284 g/mol. The van der Waals surface area contributed by atoms with E-state index in [9.17, 15) is 4.79 Å². The number of hydrogen-bond acceptors (Lipinski definition) is 3. The fraction of sp³-hybridized carbons (Fsp3) is 0.417. The number of benzene rings is 1. The van der Waals surface area contributed by atoms with Crippen LogP contribution in [0, 0.1) is 0 Å². The maximum atomic E-state index is 11.1. The van der Waals surface area contributed by atoms with Gasteiger partial charge in [0.15, 0.2) is 0 Å². The van der Waals surface area contributed by atoms with Gasteiger partial charge in [0.2, 0.25) is 0 Å². The first-order valence-electron chi connectivity index (χ1n) is 5.53. The Morgan fingerprint density at radius 1 is 1.47 bits per heavy atom. The van der Waals surface area contributed by atoms with E-state index in [1.54, 1.807) is 0 Å². The Balaban J connectivity index is 2.07. The highest BCUT2D eigenvalue weighted by molar-refractivity contribution is 9.10. The van der Waals surface area contributed by atoms with Crippen molar-refractivity contribution in [2.75, 3.05) is 6.54 Å². The largest absolute Gasteiger partial charge is 0.480 e. The molecular formula is C12H15BrN2O2. The van der Waals surface area contributed by atoms with Crippen molar-refractivity contribution in [1.29, 1.82) is 0 Å². The maximum absolute atomic E-state index is 11.1. The smallest absolute Gasteiger partial charge is 0.320 e. The van der Waals surface area contributed by atoms with E-state index in [0.29, 0.717) is 19.5 Å². The van der Waals surface area contributed by atoms with Crippen LogP contribution in [0.1, 0.15) is 12.0 Å². The summed E-state index contributed by atoms with van der Waals surface area (Å²) in [7, 11) is 0. The Morgan fingerprint density at radius 2 is 2.12 bits per heavy atom. The molecule has 0 saturated carbocycles. The number of nitrogens with two attached hydrogens (primary N) is 1. The van der Waals surface area contributed by atoms with Gasteiger partial charge in [-0.25, -0.2) is 0 Å². The Hall–Kier alpha value is -0.910. The van der Waals surface area contributed by atoms with Gasteiger partial charge in [-0.1, -0.05) is 28.1 Å². The molecule has 1 fully saturated rings. The number of hydrogen-bond donors (Lipinski definition) is 2. The first-order chi connectivity index (χ1) is 8.06. The maximum Gasteiger partial charge on any atom is 0.320 e. The minimum absolute atomic E-state index is 0.0356. The molecule has 1 aliphatic heterocycles. The number of likely N-dealkylation sites (tertiary alicyclic amines) is 1. The molecule has 5 heteroatoms. The fourth-order valence-corrected chi connectivity index (χ4v) is 2.46. The molecule has 4 nitrogen and oxygen atoms in total. The molecule has 1 aliphatic rings. The minimum Gasteiger partial charge on any atom is -0.480 e. The van der Waals surface area contributed by atoms with Gasteiger partial charge in [0, 0.05) is 23.6 Å². The minimum atomic E-state index is -0.782. The van der Waals surface area contributed by atoms with Crippen molar-refractivity contribution in [2.24, 2.45) is 5.73 Å². The van der Waals surface area contributed by atoms with E-state index in [0.717, 1.165) is 10.0 Å². The van der Waals surface area contributed by atoms with Crippen LogP contribution in [0.5, 0.6) is 0 Å². The van der Waals surface area contributed by atoms with Crippen LogP contribution in [0.15, 0.2) is 28.7 Å². The van der Waals surface area contributed by atoms with E-state index in [1.165, 1.54) is 0 Å². The van der Waals surface area contributed by atoms with Gasteiger partial charge in [0.25, 0.3) is 0 Å². The van der Waals surface area contributed by atoms with Gasteiger partial charge in [-0.3, -0.25) is 9.69 Å². The van der Waals surface area contributed by atoms with Crippen LogP contribution in [0.25, 0.3) is 0 Å². The Bertz CT molecular complexity index is 407. The molecule has 2 atom stereocenters. The second-order valence-electron chi connectivity index (χ2n) is 4.41. The van der Waals surface area contributed by atoms with Crippen LogP contribution < -0.4 is 5.73 Å². The molecule has 0 radical (unpaired) electrons. The van der Waals surface area contributed by atoms with Crippen molar-refractivity contribution in [3.63, 3.8) is 0 Å². The number of carboxylic acid groups (broad SMARTS) is 1. The van der Waals surface area contributed by atoms with Crippen molar-refractivity contribution in [2.45, 2.75) is 25.0 Å². The third kappa shape index (κ3) is 3.06. The van der Waals surface area contributed by atoms with E-state index in [2.05, 4.69) is 15.9 Å². The normalized spacial score (nSPS) is 25.1. The number of aliphatic carboxylic acids is 1. The molecule has 17 heavy (non-hydrogen) atoms. The molecule has 0 spiro atoms. The highest BCUT2D eigenvalue weighted by Gasteiger charge is 2.34. The standard InChI is InChI=1S/C12H15BrN2O2/c13-9-3-1-8(2-4-9)6-15-7-10(14)5-11(15)12(16)17/h1-4,10-11H,5-7,14H2,(H,16,17). The molecule has 2 rings (SSSR count). The number of halogens is 1. The lowest BCUT2D eigenvalue weighted by atomic mass is 10.1. The number of carbonyl (C=O) groups is 1. The topological polar surface area (TPSA) is 66.6 Å². The molecule has 0 aromatic heterocycles. The number of rotatable bonds is 3. The van der Waals surface area contributed by atoms with Gasteiger partial charge in [0.05, 0.1) is 0 Å². The second-order valence-corrected chi connectivity index (χ2v) is 5.32. The molecule has 3 N–H and O–H groups in total. The molecule has 92 valence electrons. The van der Waals surface area contributed by atoms with E-state index in [-0.39, 0.29) is 6.04 Å². The molecule has 1 heterocycles. The summed E-state index contributed by atoms with van der Waals surface area (Å²) < 4.78 is 1.02. The van der Waals surface area contributed by atoms with Crippen LogP contribution in [-0.2, 0) is 11.3 Å². The van der Waals surface area contributed by atoms with Crippen molar-refractivity contribution in [3.8, 4) is 0 Å². The molecule has 0 amide bonds. The Labute approximate surface area is 109 Å². The van der Waals surface area contributed by atoms with E-state index in [1.807, 2.05) is 29.2 Å². The van der Waals surface area contributed by atoms with E-state index < -0.39 is 12.0 Å². The molecule has 0 bridgehead atoms. The summed E-state index contributed by atoms with van der Waals surface area (Å²) >= 11 is 3.38. The van der Waals surface area contributed by atoms with Gasteiger partial charge >= 0.3 is 5.97 Å². The molecule has 2 unspecified atom stereocenters. The second kappa shape index (κ2) is 5.16. The summed E-state index contributed by atoms with van der Waals surface area (Å²) in [5, 5.41) is 9.12. The van der Waals surface area contributed by atoms with Crippen LogP contribution in [0.3, 0.4) is 0 Å². The van der Waals surface area contributed by atoms with Crippen LogP contribution in [0.4, 0.5) is 0 Å². The summed E-state index contributed by atoms with van der Waals surface area (Å²) in [6.45, 7) is 1.28. The van der Waals surface area contributed by atoms with Gasteiger partial charge in [-0.15, -0.1) is 0 Å². The van der Waals surface area contributed by atoms with Crippen molar-refractivity contribution in [3.05, 3.63) is 34.3 Å². The lowest BCUT2D eigenvalue weighted by molar-refractivity contribution is -0.142. The fourth-order valence-electron chi connectivity index (χ4n) is 2.19. The van der Waals surface area contributed by atoms with Crippen molar-refractivity contribution >= 4 is 21.9 Å². The number of carboxylic acids is 1. The highest BCUT2D eigenvalue weighted by Crippen LogP contribution is 2.20. The summed E-state index contributed by atoms with van der Waals surface area (Å²) in [6.07, 6.45) is 0.534. The summed E-state index contributed by atoms with van der Waals surface area (Å²) in [5.41, 5.74) is 6.92. The van der Waals surface area contributed by atoms with Crippen LogP contribution in [-0.4, -0.2) is 34.6 Å². The van der Waals surface area contributed by atoms with E-state index in [4.69, 9.17) is 10.8 Å². The average Bonchev–Trinajstić information content (AvgIpc) is 2.63. The lowest BCUT2D eigenvalue weighted by Crippen LogP contribution is -2.35. The zero-order valence-electron chi connectivity index (χ0n) is 9.34. The Morgan fingerprint density at radius 3 is 2.71 bits per heavy atom. The predicted molar refractivity (Wildman–Crippen MR) is 68.6 cm³/mol. The molecule has 1 aromatic carbocycles. The average molecular weight is 299 g/mol. The number of nitrogens with zero attached hydrogens (tertiary/aromatic N) is 1. The quantitative estimate of drug-likeness (QED) is 0.886. The lowest BCUT2D eigenvalue weighted by Gasteiger charge is -2.20. The third-order valence-electron chi connectivity index (χ3n) is 3.02. The Kier molecular flexibility index (Phi) is 3.81. The summed E-state index contributed by atoms with van der Waals surface area (Å²) in [5.74, 6) is -0.782. The van der Waals surface area contributed by atoms with Gasteiger partial charge in [-0.05, 0) is 24.1 Å². The zero-order valence-corrected chi connectivity index (χ0v) is 10.9. The van der Waals surface area contributed by atoms with Gasteiger partial charge < -0.3 is 10.8 Å². The van der Waals surface area contributed by atoms with Crippen LogP contribution in [0.2, 0.25) is 0 Å². The third-order valence-corrected chi connectivity index (χ3v) is 3.55. The molecule has 1 saturated heterocycles. The SMILES string of the molecule is NC1CC(C(=O)O)N(Cc2ccc(Br)cc2)C1. The first kappa shape index (κ1) is 12.5. The van der Waals surface area contributed by atoms with Crippen molar-refractivity contribution < 1.29 is 9.90 Å². The summed E-state index contributed by atoms with van der Waals surface area (Å²) in [4.78, 5) is 13.0. The highest BCUT2D eigenvalue weighted by atomic mass is 79.9. The predicted octanol–water partition coefficient (Wildman–Crippen LogP) is 1.44. The van der Waals surface area contributed by atoms with Crippen LogP contribution >= 0.6 is 15.9 Å². The summed E-state index contributed by atoms with van der Waals surface area (Å²) in [6, 6.07) is 7.42.